The van der Waals surface area contributed by atoms with E-state index in [0.29, 0.717) is 0 Å². The first-order valence-electron chi connectivity index (χ1n) is 8.13. The Balaban J connectivity index is 1.92. The molecule has 120 valence electrons. The molecule has 0 amide bonds. The lowest BCUT2D eigenvalue weighted by molar-refractivity contribution is -0.0539. The highest BCUT2D eigenvalue weighted by molar-refractivity contribution is 5.20. The average molecular weight is 294 g/mol. The first-order valence-corrected chi connectivity index (χ1v) is 8.13. The van der Waals surface area contributed by atoms with Gasteiger partial charge in [0.2, 0.25) is 0 Å². The number of hydrogen-bond acceptors (Lipinski definition) is 4. The molecule has 0 aromatic carbocycles. The fraction of sp³-hybridized carbons (Fsp3) is 0.765. The molecule has 1 aliphatic rings. The summed E-state index contributed by atoms with van der Waals surface area (Å²) in [7, 11) is 1.82. The number of aryl methyl sites for hydroxylation is 1. The summed E-state index contributed by atoms with van der Waals surface area (Å²) in [4.78, 5) is 2.44. The van der Waals surface area contributed by atoms with Crippen molar-refractivity contribution in [1.82, 2.24) is 10.2 Å². The van der Waals surface area contributed by atoms with Gasteiger partial charge in [-0.15, -0.1) is 0 Å². The van der Waals surface area contributed by atoms with Crippen LogP contribution < -0.4 is 5.32 Å². The van der Waals surface area contributed by atoms with Crippen molar-refractivity contribution in [2.24, 2.45) is 0 Å². The molecule has 1 fully saturated rings. The summed E-state index contributed by atoms with van der Waals surface area (Å²) in [5.74, 6) is 2.14. The lowest BCUT2D eigenvalue weighted by Gasteiger charge is -2.39. The second kappa shape index (κ2) is 7.43. The molecule has 1 aromatic rings. The number of nitrogens with one attached hydrogen (secondary N) is 1. The van der Waals surface area contributed by atoms with Gasteiger partial charge in [0.15, 0.2) is 0 Å². The lowest BCUT2D eigenvalue weighted by atomic mass is 9.95. The summed E-state index contributed by atoms with van der Waals surface area (Å²) in [6.07, 6.45) is 3.48. The van der Waals surface area contributed by atoms with E-state index < -0.39 is 0 Å². The predicted molar refractivity (Wildman–Crippen MR) is 85.4 cm³/mol. The SMILES string of the molecule is CCCNCc1oc(CN2CCCC(C)(OC)C2)cc1C. The van der Waals surface area contributed by atoms with Gasteiger partial charge in [0.25, 0.3) is 0 Å². The van der Waals surface area contributed by atoms with Crippen LogP contribution in [0.1, 0.15) is 50.2 Å². The van der Waals surface area contributed by atoms with E-state index in [9.17, 15) is 0 Å². The Morgan fingerprint density at radius 1 is 1.48 bits per heavy atom. The van der Waals surface area contributed by atoms with Crippen LogP contribution in [0.2, 0.25) is 0 Å². The minimum atomic E-state index is -0.00853. The number of hydrogen-bond donors (Lipinski definition) is 1. The van der Waals surface area contributed by atoms with E-state index in [-0.39, 0.29) is 5.60 Å². The molecule has 4 nitrogen and oxygen atoms in total. The van der Waals surface area contributed by atoms with Crippen molar-refractivity contribution >= 4 is 0 Å². The molecule has 2 heterocycles. The van der Waals surface area contributed by atoms with Crippen LogP contribution in [-0.4, -0.2) is 37.2 Å². The molecular formula is C17H30N2O2. The third-order valence-corrected chi connectivity index (χ3v) is 4.39. The topological polar surface area (TPSA) is 37.6 Å². The maximum absolute atomic E-state index is 6.02. The summed E-state index contributed by atoms with van der Waals surface area (Å²) in [5.41, 5.74) is 1.24. The average Bonchev–Trinajstić information content (AvgIpc) is 2.79. The van der Waals surface area contributed by atoms with Gasteiger partial charge in [-0.3, -0.25) is 4.90 Å². The van der Waals surface area contributed by atoms with E-state index in [1.165, 1.54) is 12.0 Å². The van der Waals surface area contributed by atoms with E-state index in [1.807, 2.05) is 7.11 Å². The number of piperidine rings is 1. The Labute approximate surface area is 128 Å². The standard InChI is InChI=1S/C17H30N2O2/c1-5-8-18-11-16-14(2)10-15(21-16)12-19-9-6-7-17(3,13-19)20-4/h10,18H,5-9,11-13H2,1-4H3. The summed E-state index contributed by atoms with van der Waals surface area (Å²) in [5, 5.41) is 3.40. The van der Waals surface area contributed by atoms with E-state index in [1.54, 1.807) is 0 Å². The quantitative estimate of drug-likeness (QED) is 0.784. The molecule has 0 radical (unpaired) electrons. The van der Waals surface area contributed by atoms with Crippen LogP contribution >= 0.6 is 0 Å². The van der Waals surface area contributed by atoms with Crippen molar-refractivity contribution in [3.8, 4) is 0 Å². The summed E-state index contributed by atoms with van der Waals surface area (Å²) in [6.45, 7) is 11.4. The second-order valence-corrected chi connectivity index (χ2v) is 6.46. The minimum absolute atomic E-state index is 0.00853. The zero-order chi connectivity index (χ0) is 15.3. The molecular weight excluding hydrogens is 264 g/mol. The zero-order valence-corrected chi connectivity index (χ0v) is 14.0. The van der Waals surface area contributed by atoms with Gasteiger partial charge in [0, 0.05) is 13.7 Å². The van der Waals surface area contributed by atoms with Gasteiger partial charge in [-0.05, 0) is 57.8 Å². The first kappa shape index (κ1) is 16.5. The van der Waals surface area contributed by atoms with Gasteiger partial charge >= 0.3 is 0 Å². The van der Waals surface area contributed by atoms with Crippen molar-refractivity contribution in [1.29, 1.82) is 0 Å². The van der Waals surface area contributed by atoms with Crippen LogP contribution in [0.4, 0.5) is 0 Å². The fourth-order valence-electron chi connectivity index (χ4n) is 3.05. The Kier molecular flexibility index (Phi) is 5.85. The van der Waals surface area contributed by atoms with Crippen molar-refractivity contribution in [3.05, 3.63) is 23.2 Å². The van der Waals surface area contributed by atoms with Crippen molar-refractivity contribution < 1.29 is 9.15 Å². The Hall–Kier alpha value is -0.840. The second-order valence-electron chi connectivity index (χ2n) is 6.46. The molecule has 1 atom stereocenters. The molecule has 2 rings (SSSR count). The molecule has 1 unspecified atom stereocenters. The zero-order valence-electron chi connectivity index (χ0n) is 14.0. The molecule has 0 spiro atoms. The van der Waals surface area contributed by atoms with Crippen LogP contribution in [0.5, 0.6) is 0 Å². The molecule has 21 heavy (non-hydrogen) atoms. The number of rotatable bonds is 7. The van der Waals surface area contributed by atoms with Gasteiger partial charge in [-0.1, -0.05) is 6.92 Å². The largest absolute Gasteiger partial charge is 0.463 e. The Morgan fingerprint density at radius 2 is 2.29 bits per heavy atom. The third kappa shape index (κ3) is 4.56. The Morgan fingerprint density at radius 3 is 3.00 bits per heavy atom. The van der Waals surface area contributed by atoms with Crippen molar-refractivity contribution in [3.63, 3.8) is 0 Å². The maximum atomic E-state index is 6.02. The highest BCUT2D eigenvalue weighted by Crippen LogP contribution is 2.26. The first-order chi connectivity index (χ1) is 10.1. The number of nitrogens with zero attached hydrogens (tertiary/aromatic N) is 1. The summed E-state index contributed by atoms with van der Waals surface area (Å²) >= 11 is 0. The number of furan rings is 1. The van der Waals surface area contributed by atoms with Crippen LogP contribution in [0.15, 0.2) is 10.5 Å². The van der Waals surface area contributed by atoms with E-state index in [2.05, 4.69) is 37.1 Å². The third-order valence-electron chi connectivity index (χ3n) is 4.39. The minimum Gasteiger partial charge on any atom is -0.463 e. The van der Waals surface area contributed by atoms with Crippen LogP contribution in [0, 0.1) is 6.92 Å². The molecule has 1 aliphatic heterocycles. The van der Waals surface area contributed by atoms with Crippen molar-refractivity contribution in [2.45, 2.75) is 58.7 Å². The molecule has 1 aromatic heterocycles. The number of methoxy groups -OCH3 is 1. The number of likely N-dealkylation sites (tertiary alicyclic amines) is 1. The van der Waals surface area contributed by atoms with E-state index in [0.717, 1.165) is 57.1 Å². The van der Waals surface area contributed by atoms with Gasteiger partial charge in [-0.2, -0.15) is 0 Å². The molecule has 1 N–H and O–H groups in total. The van der Waals surface area contributed by atoms with Crippen LogP contribution in [0.25, 0.3) is 0 Å². The normalized spacial score (nSPS) is 23.6. The van der Waals surface area contributed by atoms with Crippen molar-refractivity contribution in [2.75, 3.05) is 26.7 Å². The van der Waals surface area contributed by atoms with Gasteiger partial charge in [-0.25, -0.2) is 0 Å². The Bertz CT molecular complexity index is 444. The van der Waals surface area contributed by atoms with E-state index >= 15 is 0 Å². The van der Waals surface area contributed by atoms with Gasteiger partial charge in [0.05, 0.1) is 18.7 Å². The fourth-order valence-corrected chi connectivity index (χ4v) is 3.05. The molecule has 4 heteroatoms. The molecule has 1 saturated heterocycles. The highest BCUT2D eigenvalue weighted by atomic mass is 16.5. The van der Waals surface area contributed by atoms with Crippen LogP contribution in [-0.2, 0) is 17.8 Å². The molecule has 0 aliphatic carbocycles. The van der Waals surface area contributed by atoms with Gasteiger partial charge < -0.3 is 14.5 Å². The molecule has 0 bridgehead atoms. The van der Waals surface area contributed by atoms with Crippen LogP contribution in [0.3, 0.4) is 0 Å². The highest BCUT2D eigenvalue weighted by Gasteiger charge is 2.31. The molecule has 0 saturated carbocycles. The number of ether oxygens (including phenoxy) is 1. The lowest BCUT2D eigenvalue weighted by Crippen LogP contribution is -2.46. The summed E-state index contributed by atoms with van der Waals surface area (Å²) in [6, 6.07) is 2.18. The monoisotopic (exact) mass is 294 g/mol. The summed E-state index contributed by atoms with van der Waals surface area (Å²) < 4.78 is 11.7. The smallest absolute Gasteiger partial charge is 0.120 e. The predicted octanol–water partition coefficient (Wildman–Crippen LogP) is 3.09. The maximum Gasteiger partial charge on any atom is 0.120 e. The van der Waals surface area contributed by atoms with Gasteiger partial charge in [0.1, 0.15) is 11.5 Å². The van der Waals surface area contributed by atoms with E-state index in [4.69, 9.17) is 9.15 Å².